The predicted molar refractivity (Wildman–Crippen MR) is 38.4 cm³/mol. The van der Waals surface area contributed by atoms with Crippen LogP contribution < -0.4 is 0 Å². The van der Waals surface area contributed by atoms with Gasteiger partial charge in [-0.05, 0) is 27.0 Å². The Labute approximate surface area is 51.1 Å². The molecule has 0 amide bonds. The maximum Gasteiger partial charge on any atom is 0.0647 e. The van der Waals surface area contributed by atoms with Crippen molar-refractivity contribution >= 4 is 6.21 Å². The Morgan fingerprint density at radius 1 is 1.38 bits per heavy atom. The van der Waals surface area contributed by atoms with E-state index in [1.165, 1.54) is 0 Å². The molecule has 0 saturated carbocycles. The molecule has 1 nitrogen and oxygen atoms in total. The number of rotatable bonds is 2. The molecule has 1 heteroatoms. The van der Waals surface area contributed by atoms with Crippen molar-refractivity contribution in [2.45, 2.75) is 26.8 Å². The quantitative estimate of drug-likeness (QED) is 0.382. The van der Waals surface area contributed by atoms with Crippen LogP contribution in [0.3, 0.4) is 0 Å². The first-order chi connectivity index (χ1) is 3.81. The molecule has 0 aromatic rings. The van der Waals surface area contributed by atoms with Gasteiger partial charge in [-0.2, -0.15) is 0 Å². The SMILES string of the molecule is CC=NC(C)/C=C\C. The van der Waals surface area contributed by atoms with E-state index in [1.54, 1.807) is 0 Å². The van der Waals surface area contributed by atoms with Crippen LogP contribution in [0, 0.1) is 0 Å². The lowest BCUT2D eigenvalue weighted by atomic mass is 10.3. The number of hydrogen-bond donors (Lipinski definition) is 0. The predicted octanol–water partition coefficient (Wildman–Crippen LogP) is 2.04. The summed E-state index contributed by atoms with van der Waals surface area (Å²) in [4.78, 5) is 4.10. The zero-order valence-electron chi connectivity index (χ0n) is 5.76. The number of aliphatic imine (C=N–C) groups is 1. The number of nitrogens with zero attached hydrogens (tertiary/aromatic N) is 1. The maximum atomic E-state index is 4.10. The number of hydrogen-bond acceptors (Lipinski definition) is 1. The van der Waals surface area contributed by atoms with Crippen molar-refractivity contribution in [3.8, 4) is 0 Å². The molecule has 0 rings (SSSR count). The first-order valence-corrected chi connectivity index (χ1v) is 2.92. The third kappa shape index (κ3) is 3.59. The molecule has 46 valence electrons. The van der Waals surface area contributed by atoms with E-state index >= 15 is 0 Å². The van der Waals surface area contributed by atoms with E-state index in [0.29, 0.717) is 6.04 Å². The van der Waals surface area contributed by atoms with E-state index in [9.17, 15) is 0 Å². The van der Waals surface area contributed by atoms with Gasteiger partial charge in [-0.3, -0.25) is 4.99 Å². The van der Waals surface area contributed by atoms with Gasteiger partial charge in [0.1, 0.15) is 0 Å². The van der Waals surface area contributed by atoms with Crippen molar-refractivity contribution in [1.82, 2.24) is 0 Å². The van der Waals surface area contributed by atoms with Gasteiger partial charge >= 0.3 is 0 Å². The molecule has 8 heavy (non-hydrogen) atoms. The monoisotopic (exact) mass is 111 g/mol. The molecule has 0 aromatic carbocycles. The van der Waals surface area contributed by atoms with Crippen LogP contribution >= 0.6 is 0 Å². The molecule has 0 aliphatic rings. The smallest absolute Gasteiger partial charge is 0.0647 e. The zero-order chi connectivity index (χ0) is 6.41. The van der Waals surface area contributed by atoms with E-state index in [1.807, 2.05) is 26.1 Å². The fraction of sp³-hybridized carbons (Fsp3) is 0.571. The van der Waals surface area contributed by atoms with Crippen molar-refractivity contribution < 1.29 is 0 Å². The van der Waals surface area contributed by atoms with Crippen LogP contribution in [0.4, 0.5) is 0 Å². The van der Waals surface area contributed by atoms with Crippen LogP contribution in [-0.2, 0) is 0 Å². The third-order valence-corrected chi connectivity index (χ3v) is 0.855. The average molecular weight is 111 g/mol. The zero-order valence-corrected chi connectivity index (χ0v) is 5.76. The topological polar surface area (TPSA) is 12.4 Å². The normalized spacial score (nSPS) is 15.9. The summed E-state index contributed by atoms with van der Waals surface area (Å²) in [5, 5.41) is 0. The molecule has 0 aliphatic carbocycles. The standard InChI is InChI=1S/C7H13N/c1-4-6-7(3)8-5-2/h4-7H,1-3H3/b6-4-,8-5?. The second-order valence-corrected chi connectivity index (χ2v) is 1.67. The van der Waals surface area contributed by atoms with Gasteiger partial charge in [0.15, 0.2) is 0 Å². The molecular formula is C7H13N. The highest BCUT2D eigenvalue weighted by molar-refractivity contribution is 5.53. The molecule has 0 aromatic heterocycles. The summed E-state index contributed by atoms with van der Waals surface area (Å²) in [7, 11) is 0. The Balaban J connectivity index is 3.47. The molecule has 0 spiro atoms. The van der Waals surface area contributed by atoms with Gasteiger partial charge < -0.3 is 0 Å². The summed E-state index contributed by atoms with van der Waals surface area (Å²) in [5.41, 5.74) is 0. The van der Waals surface area contributed by atoms with E-state index in [0.717, 1.165) is 0 Å². The van der Waals surface area contributed by atoms with Crippen molar-refractivity contribution in [1.29, 1.82) is 0 Å². The summed E-state index contributed by atoms with van der Waals surface area (Å²) in [5.74, 6) is 0. The lowest BCUT2D eigenvalue weighted by molar-refractivity contribution is 0.929. The minimum absolute atomic E-state index is 0.352. The second-order valence-electron chi connectivity index (χ2n) is 1.67. The van der Waals surface area contributed by atoms with Gasteiger partial charge in [0.05, 0.1) is 6.04 Å². The van der Waals surface area contributed by atoms with Crippen molar-refractivity contribution in [3.05, 3.63) is 12.2 Å². The Hall–Kier alpha value is -0.590. The first-order valence-electron chi connectivity index (χ1n) is 2.92. The van der Waals surface area contributed by atoms with Gasteiger partial charge in [0.2, 0.25) is 0 Å². The highest BCUT2D eigenvalue weighted by Crippen LogP contribution is 1.88. The van der Waals surface area contributed by atoms with Gasteiger partial charge in [0.25, 0.3) is 0 Å². The van der Waals surface area contributed by atoms with Crippen LogP contribution in [0.5, 0.6) is 0 Å². The molecule has 1 atom stereocenters. The van der Waals surface area contributed by atoms with E-state index in [2.05, 4.69) is 18.0 Å². The molecule has 0 saturated heterocycles. The highest BCUT2D eigenvalue weighted by atomic mass is 14.7. The Morgan fingerprint density at radius 2 is 2.00 bits per heavy atom. The molecule has 0 N–H and O–H groups in total. The largest absolute Gasteiger partial charge is 0.291 e. The minimum Gasteiger partial charge on any atom is -0.291 e. The molecular weight excluding hydrogens is 98.1 g/mol. The van der Waals surface area contributed by atoms with E-state index in [-0.39, 0.29) is 0 Å². The minimum atomic E-state index is 0.352. The second kappa shape index (κ2) is 4.57. The average Bonchev–Trinajstić information content (AvgIpc) is 1.68. The number of allylic oxidation sites excluding steroid dienone is 1. The van der Waals surface area contributed by atoms with Gasteiger partial charge in [-0.1, -0.05) is 12.2 Å². The lowest BCUT2D eigenvalue weighted by Gasteiger charge is -1.92. The van der Waals surface area contributed by atoms with Gasteiger partial charge in [-0.15, -0.1) is 0 Å². The van der Waals surface area contributed by atoms with Crippen molar-refractivity contribution in [2.75, 3.05) is 0 Å². The first kappa shape index (κ1) is 7.41. The van der Waals surface area contributed by atoms with Crippen molar-refractivity contribution in [2.24, 2.45) is 4.99 Å². The molecule has 0 heterocycles. The van der Waals surface area contributed by atoms with Gasteiger partial charge in [-0.25, -0.2) is 0 Å². The van der Waals surface area contributed by atoms with Crippen LogP contribution in [0.2, 0.25) is 0 Å². The van der Waals surface area contributed by atoms with Crippen LogP contribution in [-0.4, -0.2) is 12.3 Å². The molecule has 0 aliphatic heterocycles. The Morgan fingerprint density at radius 3 is 2.38 bits per heavy atom. The van der Waals surface area contributed by atoms with E-state index < -0.39 is 0 Å². The molecule has 1 unspecified atom stereocenters. The highest BCUT2D eigenvalue weighted by Gasteiger charge is 1.83. The van der Waals surface area contributed by atoms with E-state index in [4.69, 9.17) is 0 Å². The van der Waals surface area contributed by atoms with Gasteiger partial charge in [0, 0.05) is 0 Å². The van der Waals surface area contributed by atoms with Crippen molar-refractivity contribution in [3.63, 3.8) is 0 Å². The Kier molecular flexibility index (Phi) is 4.23. The lowest BCUT2D eigenvalue weighted by Crippen LogP contribution is -1.89. The molecule has 0 fully saturated rings. The maximum absolute atomic E-state index is 4.10. The van der Waals surface area contributed by atoms with Crippen LogP contribution in [0.25, 0.3) is 0 Å². The summed E-state index contributed by atoms with van der Waals surface area (Å²) in [6, 6.07) is 0.352. The summed E-state index contributed by atoms with van der Waals surface area (Å²) in [6.07, 6.45) is 5.89. The van der Waals surface area contributed by atoms with Crippen LogP contribution in [0.1, 0.15) is 20.8 Å². The summed E-state index contributed by atoms with van der Waals surface area (Å²) >= 11 is 0. The summed E-state index contributed by atoms with van der Waals surface area (Å²) < 4.78 is 0. The fourth-order valence-electron chi connectivity index (χ4n) is 0.563. The fourth-order valence-corrected chi connectivity index (χ4v) is 0.563. The molecule has 0 radical (unpaired) electrons. The Bertz CT molecular complexity index is 80.6. The molecule has 0 bridgehead atoms. The van der Waals surface area contributed by atoms with Crippen LogP contribution in [0.15, 0.2) is 17.1 Å². The summed E-state index contributed by atoms with van der Waals surface area (Å²) in [6.45, 7) is 5.99. The third-order valence-electron chi connectivity index (χ3n) is 0.855.